The number of ether oxygens (including phenoxy) is 1. The molecule has 0 spiro atoms. The lowest BCUT2D eigenvalue weighted by Crippen LogP contribution is -2.34. The maximum atomic E-state index is 5.77. The third-order valence-electron chi connectivity index (χ3n) is 2.24. The molecule has 0 fully saturated rings. The van der Waals surface area contributed by atoms with E-state index in [1.807, 2.05) is 4.90 Å². The molecule has 2 N–H and O–H groups in total. The van der Waals surface area contributed by atoms with Crippen molar-refractivity contribution in [1.82, 2.24) is 15.0 Å². The Labute approximate surface area is 106 Å². The smallest absolute Gasteiger partial charge is 0.231 e. The molecule has 1 heterocycles. The number of aromatic nitrogens is 3. The van der Waals surface area contributed by atoms with Gasteiger partial charge in [0.2, 0.25) is 17.2 Å². The maximum absolute atomic E-state index is 5.77. The maximum Gasteiger partial charge on any atom is 0.231 e. The molecule has 7 heteroatoms. The van der Waals surface area contributed by atoms with Crippen LogP contribution in [0.15, 0.2) is 0 Å². The molecule has 0 radical (unpaired) electrons. The van der Waals surface area contributed by atoms with Crippen LogP contribution in [0.1, 0.15) is 20.3 Å². The van der Waals surface area contributed by atoms with Gasteiger partial charge >= 0.3 is 0 Å². The summed E-state index contributed by atoms with van der Waals surface area (Å²) in [5, 5.41) is 0.116. The largest absolute Gasteiger partial charge is 0.385 e. The van der Waals surface area contributed by atoms with Crippen molar-refractivity contribution in [1.29, 1.82) is 0 Å². The highest BCUT2D eigenvalue weighted by Crippen LogP contribution is 2.15. The monoisotopic (exact) mass is 259 g/mol. The second-order valence-electron chi connectivity index (χ2n) is 3.90. The van der Waals surface area contributed by atoms with Gasteiger partial charge in [-0.15, -0.1) is 0 Å². The van der Waals surface area contributed by atoms with E-state index in [0.717, 1.165) is 13.0 Å². The van der Waals surface area contributed by atoms with Crippen LogP contribution in [0, 0.1) is 0 Å². The fourth-order valence-corrected chi connectivity index (χ4v) is 1.61. The van der Waals surface area contributed by atoms with Crippen LogP contribution in [-0.4, -0.2) is 41.3 Å². The van der Waals surface area contributed by atoms with Gasteiger partial charge in [0.05, 0.1) is 0 Å². The summed E-state index contributed by atoms with van der Waals surface area (Å²) < 4.78 is 5.02. The van der Waals surface area contributed by atoms with E-state index in [9.17, 15) is 0 Å². The molecule has 17 heavy (non-hydrogen) atoms. The summed E-state index contributed by atoms with van der Waals surface area (Å²) in [5.74, 6) is 0.644. The van der Waals surface area contributed by atoms with Gasteiger partial charge in [0.1, 0.15) is 0 Å². The molecule has 0 bridgehead atoms. The first-order chi connectivity index (χ1) is 8.04. The van der Waals surface area contributed by atoms with Crippen molar-refractivity contribution in [3.05, 3.63) is 5.28 Å². The summed E-state index contributed by atoms with van der Waals surface area (Å²) in [7, 11) is 1.68. The summed E-state index contributed by atoms with van der Waals surface area (Å²) in [4.78, 5) is 13.9. The Hall–Kier alpha value is -1.14. The molecule has 0 atom stereocenters. The fourth-order valence-electron chi connectivity index (χ4n) is 1.45. The van der Waals surface area contributed by atoms with Crippen LogP contribution in [0.2, 0.25) is 5.28 Å². The normalized spacial score (nSPS) is 10.9. The van der Waals surface area contributed by atoms with Crippen molar-refractivity contribution in [3.8, 4) is 0 Å². The SMILES string of the molecule is COCCCN(c1nc(N)nc(Cl)n1)C(C)C. The number of nitrogens with two attached hydrogens (primary N) is 1. The lowest BCUT2D eigenvalue weighted by molar-refractivity contribution is 0.195. The van der Waals surface area contributed by atoms with Gasteiger partial charge in [0.25, 0.3) is 0 Å². The van der Waals surface area contributed by atoms with Crippen LogP contribution >= 0.6 is 11.6 Å². The molecule has 1 aromatic rings. The molecule has 0 unspecified atom stereocenters. The molecule has 0 saturated heterocycles. The highest BCUT2D eigenvalue weighted by molar-refractivity contribution is 6.28. The predicted octanol–water partition coefficient (Wildman–Crippen LogP) is 1.36. The van der Waals surface area contributed by atoms with Crippen LogP contribution in [0.5, 0.6) is 0 Å². The first-order valence-electron chi connectivity index (χ1n) is 5.47. The van der Waals surface area contributed by atoms with Crippen molar-refractivity contribution >= 4 is 23.5 Å². The average Bonchev–Trinajstić information content (AvgIpc) is 2.22. The van der Waals surface area contributed by atoms with E-state index >= 15 is 0 Å². The minimum absolute atomic E-state index is 0.116. The number of methoxy groups -OCH3 is 1. The number of anilines is 2. The van der Waals surface area contributed by atoms with Gasteiger partial charge in [-0.05, 0) is 31.9 Å². The van der Waals surface area contributed by atoms with E-state index in [1.165, 1.54) is 0 Å². The molecule has 1 rings (SSSR count). The zero-order valence-corrected chi connectivity index (χ0v) is 11.1. The zero-order valence-electron chi connectivity index (χ0n) is 10.4. The van der Waals surface area contributed by atoms with Gasteiger partial charge in [0, 0.05) is 26.3 Å². The number of hydrogen-bond donors (Lipinski definition) is 1. The van der Waals surface area contributed by atoms with Gasteiger partial charge in [-0.25, -0.2) is 0 Å². The van der Waals surface area contributed by atoms with Crippen molar-refractivity contribution in [3.63, 3.8) is 0 Å². The highest BCUT2D eigenvalue weighted by Gasteiger charge is 2.14. The third kappa shape index (κ3) is 4.32. The van der Waals surface area contributed by atoms with E-state index in [-0.39, 0.29) is 17.3 Å². The van der Waals surface area contributed by atoms with Crippen molar-refractivity contribution < 1.29 is 4.74 Å². The molecule has 0 aromatic carbocycles. The molecular weight excluding hydrogens is 242 g/mol. The van der Waals surface area contributed by atoms with Crippen LogP contribution in [0.4, 0.5) is 11.9 Å². The number of nitrogens with zero attached hydrogens (tertiary/aromatic N) is 4. The predicted molar refractivity (Wildman–Crippen MR) is 68.2 cm³/mol. The first kappa shape index (κ1) is 13.9. The topological polar surface area (TPSA) is 77.2 Å². The molecule has 0 aliphatic rings. The van der Waals surface area contributed by atoms with E-state index < -0.39 is 0 Å². The lowest BCUT2D eigenvalue weighted by Gasteiger charge is -2.26. The Morgan fingerprint density at radius 1 is 1.35 bits per heavy atom. The summed E-state index contributed by atoms with van der Waals surface area (Å²) in [6.07, 6.45) is 0.887. The Balaban J connectivity index is 2.81. The molecule has 96 valence electrons. The van der Waals surface area contributed by atoms with Crippen LogP contribution in [0.3, 0.4) is 0 Å². The molecule has 6 nitrogen and oxygen atoms in total. The molecular formula is C10H18ClN5O. The van der Waals surface area contributed by atoms with Crippen molar-refractivity contribution in [2.45, 2.75) is 26.3 Å². The fraction of sp³-hybridized carbons (Fsp3) is 0.700. The molecule has 0 aliphatic heterocycles. The van der Waals surface area contributed by atoms with Crippen LogP contribution < -0.4 is 10.6 Å². The summed E-state index contributed by atoms with van der Waals surface area (Å²) >= 11 is 5.77. The zero-order chi connectivity index (χ0) is 12.8. The second kappa shape index (κ2) is 6.56. The van der Waals surface area contributed by atoms with Crippen LogP contribution in [-0.2, 0) is 4.74 Å². The number of nitrogen functional groups attached to an aromatic ring is 1. The minimum atomic E-state index is 0.116. The van der Waals surface area contributed by atoms with Gasteiger partial charge in [-0.3, -0.25) is 0 Å². The summed E-state index contributed by atoms with van der Waals surface area (Å²) in [6.45, 7) is 5.59. The van der Waals surface area contributed by atoms with E-state index in [2.05, 4.69) is 28.8 Å². The van der Waals surface area contributed by atoms with E-state index in [1.54, 1.807) is 7.11 Å². The van der Waals surface area contributed by atoms with Gasteiger partial charge < -0.3 is 15.4 Å². The molecule has 0 amide bonds. The molecule has 0 saturated carbocycles. The standard InChI is InChI=1S/C10H18ClN5O/c1-7(2)16(5-4-6-17-3)10-14-8(11)13-9(12)15-10/h7H,4-6H2,1-3H3,(H2,12,13,14,15). The Morgan fingerprint density at radius 2 is 2.06 bits per heavy atom. The number of rotatable bonds is 6. The van der Waals surface area contributed by atoms with Gasteiger partial charge in [0.15, 0.2) is 0 Å². The van der Waals surface area contributed by atoms with E-state index in [0.29, 0.717) is 12.6 Å². The Morgan fingerprint density at radius 3 is 2.59 bits per heavy atom. The average molecular weight is 260 g/mol. The second-order valence-corrected chi connectivity index (χ2v) is 4.23. The minimum Gasteiger partial charge on any atom is -0.385 e. The van der Waals surface area contributed by atoms with Gasteiger partial charge in [-0.1, -0.05) is 0 Å². The van der Waals surface area contributed by atoms with Crippen molar-refractivity contribution in [2.75, 3.05) is 30.9 Å². The highest BCUT2D eigenvalue weighted by atomic mass is 35.5. The number of halogens is 1. The number of hydrogen-bond acceptors (Lipinski definition) is 6. The molecule has 1 aromatic heterocycles. The van der Waals surface area contributed by atoms with Crippen LogP contribution in [0.25, 0.3) is 0 Å². The Kier molecular flexibility index (Phi) is 5.37. The quantitative estimate of drug-likeness (QED) is 0.778. The lowest BCUT2D eigenvalue weighted by atomic mass is 10.3. The summed E-state index contributed by atoms with van der Waals surface area (Å²) in [5.41, 5.74) is 5.55. The third-order valence-corrected chi connectivity index (χ3v) is 2.41. The molecule has 0 aliphatic carbocycles. The van der Waals surface area contributed by atoms with E-state index in [4.69, 9.17) is 22.1 Å². The summed E-state index contributed by atoms with van der Waals surface area (Å²) in [6, 6.07) is 0.254. The first-order valence-corrected chi connectivity index (χ1v) is 5.85. The van der Waals surface area contributed by atoms with Gasteiger partial charge in [-0.2, -0.15) is 15.0 Å². The Bertz CT molecular complexity index is 340. The van der Waals surface area contributed by atoms with Crippen molar-refractivity contribution in [2.24, 2.45) is 0 Å².